The molecule has 0 aromatic heterocycles. The van der Waals surface area contributed by atoms with E-state index >= 15 is 0 Å². The highest BCUT2D eigenvalue weighted by atomic mass is 35.5. The second-order valence-electron chi connectivity index (χ2n) is 4.79. The Kier molecular flexibility index (Phi) is 4.79. The fourth-order valence-corrected chi connectivity index (χ4v) is 2.38. The van der Waals surface area contributed by atoms with E-state index in [2.05, 4.69) is 22.8 Å². The van der Waals surface area contributed by atoms with Crippen LogP contribution in [-0.4, -0.2) is 18.9 Å². The Balaban J connectivity index is 2.05. The molecule has 0 radical (unpaired) electrons. The number of rotatable bonds is 4. The number of anilines is 1. The molecule has 0 bridgehead atoms. The lowest BCUT2D eigenvalue weighted by Crippen LogP contribution is -2.19. The highest BCUT2D eigenvalue weighted by molar-refractivity contribution is 6.33. The van der Waals surface area contributed by atoms with Gasteiger partial charge in [0.05, 0.1) is 10.7 Å². The van der Waals surface area contributed by atoms with Crippen molar-refractivity contribution < 1.29 is 9.59 Å². The molecular formula is C15H17ClN2O2. The van der Waals surface area contributed by atoms with Crippen molar-refractivity contribution in [3.8, 4) is 0 Å². The summed E-state index contributed by atoms with van der Waals surface area (Å²) in [5.74, 6) is 0.00398. The second-order valence-corrected chi connectivity index (χ2v) is 5.20. The number of carbonyl (C=O) groups is 2. The predicted molar refractivity (Wildman–Crippen MR) is 80.0 cm³/mol. The molecule has 1 aliphatic rings. The fraction of sp³-hybridized carbons (Fsp3) is 0.333. The summed E-state index contributed by atoms with van der Waals surface area (Å²) in [5.41, 5.74) is 0.938. The summed E-state index contributed by atoms with van der Waals surface area (Å²) in [5, 5.41) is 5.73. The van der Waals surface area contributed by atoms with E-state index in [0.717, 1.165) is 12.8 Å². The van der Waals surface area contributed by atoms with Crippen molar-refractivity contribution in [1.29, 1.82) is 0 Å². The van der Waals surface area contributed by atoms with E-state index in [1.807, 2.05) is 0 Å². The number of carbonyl (C=O) groups excluding carboxylic acids is 2. The molecule has 2 N–H and O–H groups in total. The molecule has 1 aliphatic carbocycles. The Hall–Kier alpha value is -1.81. The van der Waals surface area contributed by atoms with Crippen molar-refractivity contribution in [2.75, 3.05) is 12.4 Å². The zero-order valence-corrected chi connectivity index (χ0v) is 12.0. The Morgan fingerprint density at radius 1 is 1.40 bits per heavy atom. The minimum absolute atomic E-state index is 0.0856. The van der Waals surface area contributed by atoms with E-state index in [0.29, 0.717) is 28.6 Å². The van der Waals surface area contributed by atoms with Gasteiger partial charge in [-0.05, 0) is 37.0 Å². The van der Waals surface area contributed by atoms with E-state index in [4.69, 9.17) is 11.6 Å². The first-order valence-corrected chi connectivity index (χ1v) is 6.96. The Morgan fingerprint density at radius 2 is 2.20 bits per heavy atom. The lowest BCUT2D eigenvalue weighted by atomic mass is 10.0. The summed E-state index contributed by atoms with van der Waals surface area (Å²) in [6, 6.07) is 4.82. The number of hydrogen-bond donors (Lipinski definition) is 2. The van der Waals surface area contributed by atoms with E-state index in [1.54, 1.807) is 25.2 Å². The Labute approximate surface area is 123 Å². The van der Waals surface area contributed by atoms with Crippen LogP contribution in [0, 0.1) is 5.92 Å². The third kappa shape index (κ3) is 3.61. The van der Waals surface area contributed by atoms with Crippen LogP contribution in [0.4, 0.5) is 5.69 Å². The summed E-state index contributed by atoms with van der Waals surface area (Å²) in [6.45, 7) is 0. The van der Waals surface area contributed by atoms with Gasteiger partial charge in [-0.15, -0.1) is 0 Å². The highest BCUT2D eigenvalue weighted by Crippen LogP contribution is 2.25. The van der Waals surface area contributed by atoms with Crippen LogP contribution in [-0.2, 0) is 4.79 Å². The molecule has 106 valence electrons. The number of amides is 2. The summed E-state index contributed by atoms with van der Waals surface area (Å²) in [4.78, 5) is 23.5. The van der Waals surface area contributed by atoms with Gasteiger partial charge in [-0.2, -0.15) is 0 Å². The molecule has 5 heteroatoms. The minimum Gasteiger partial charge on any atom is -0.355 e. The van der Waals surface area contributed by atoms with Gasteiger partial charge >= 0.3 is 0 Å². The maximum absolute atomic E-state index is 12.0. The fourth-order valence-electron chi connectivity index (χ4n) is 2.21. The molecular weight excluding hydrogens is 276 g/mol. The number of halogens is 1. The van der Waals surface area contributed by atoms with Crippen LogP contribution in [0.5, 0.6) is 0 Å². The zero-order chi connectivity index (χ0) is 14.5. The van der Waals surface area contributed by atoms with Crippen LogP contribution in [0.1, 0.15) is 29.6 Å². The molecule has 1 atom stereocenters. The normalized spacial score (nSPS) is 17.0. The van der Waals surface area contributed by atoms with Crippen molar-refractivity contribution in [2.45, 2.75) is 19.3 Å². The summed E-state index contributed by atoms with van der Waals surface area (Å²) in [6.07, 6.45) is 6.65. The average Bonchev–Trinajstić information content (AvgIpc) is 2.93. The standard InChI is InChI=1S/C15H17ClN2O2/c1-17-15(20)11-6-7-12(16)13(9-11)18-14(19)8-10-4-2-3-5-10/h2,4,6-7,9-10H,3,5,8H2,1H3,(H,17,20)(H,18,19). The minimum atomic E-state index is -0.212. The Morgan fingerprint density at radius 3 is 2.85 bits per heavy atom. The summed E-state index contributed by atoms with van der Waals surface area (Å²) >= 11 is 6.04. The molecule has 0 aliphatic heterocycles. The monoisotopic (exact) mass is 292 g/mol. The lowest BCUT2D eigenvalue weighted by molar-refractivity contribution is -0.116. The molecule has 0 fully saturated rings. The van der Waals surface area contributed by atoms with Crippen LogP contribution in [0.25, 0.3) is 0 Å². The van der Waals surface area contributed by atoms with Crippen molar-refractivity contribution in [3.05, 3.63) is 40.9 Å². The van der Waals surface area contributed by atoms with Crippen molar-refractivity contribution in [1.82, 2.24) is 5.32 Å². The molecule has 0 spiro atoms. The average molecular weight is 293 g/mol. The number of allylic oxidation sites excluding steroid dienone is 2. The van der Waals surface area contributed by atoms with Crippen molar-refractivity contribution in [2.24, 2.45) is 5.92 Å². The molecule has 2 amide bonds. The van der Waals surface area contributed by atoms with Gasteiger partial charge in [0.2, 0.25) is 5.91 Å². The molecule has 1 unspecified atom stereocenters. The SMILES string of the molecule is CNC(=O)c1ccc(Cl)c(NC(=O)CC2C=CCC2)c1. The largest absolute Gasteiger partial charge is 0.355 e. The van der Waals surface area contributed by atoms with Crippen LogP contribution in [0.3, 0.4) is 0 Å². The molecule has 2 rings (SSSR count). The van der Waals surface area contributed by atoms with Crippen LogP contribution in [0.2, 0.25) is 5.02 Å². The number of nitrogens with one attached hydrogen (secondary N) is 2. The van der Waals surface area contributed by atoms with Crippen molar-refractivity contribution >= 4 is 29.1 Å². The van der Waals surface area contributed by atoms with Gasteiger partial charge in [0.25, 0.3) is 5.91 Å². The van der Waals surface area contributed by atoms with Gasteiger partial charge in [-0.3, -0.25) is 9.59 Å². The van der Waals surface area contributed by atoms with E-state index in [1.165, 1.54) is 0 Å². The molecule has 1 aromatic carbocycles. The second kappa shape index (κ2) is 6.57. The molecule has 1 aromatic rings. The van der Waals surface area contributed by atoms with Crippen LogP contribution >= 0.6 is 11.6 Å². The predicted octanol–water partition coefficient (Wildman–Crippen LogP) is 2.99. The van der Waals surface area contributed by atoms with Gasteiger partial charge in [0, 0.05) is 19.0 Å². The molecule has 0 saturated heterocycles. The third-order valence-corrected chi connectivity index (χ3v) is 3.62. The Bertz CT molecular complexity index is 555. The van der Waals surface area contributed by atoms with Gasteiger partial charge in [0.15, 0.2) is 0 Å². The maximum Gasteiger partial charge on any atom is 0.251 e. The smallest absolute Gasteiger partial charge is 0.251 e. The molecule has 4 nitrogen and oxygen atoms in total. The van der Waals surface area contributed by atoms with E-state index < -0.39 is 0 Å². The number of hydrogen-bond acceptors (Lipinski definition) is 2. The number of benzene rings is 1. The van der Waals surface area contributed by atoms with E-state index in [9.17, 15) is 9.59 Å². The first kappa shape index (κ1) is 14.6. The first-order chi connectivity index (χ1) is 9.60. The van der Waals surface area contributed by atoms with Gasteiger partial charge in [0.1, 0.15) is 0 Å². The zero-order valence-electron chi connectivity index (χ0n) is 11.3. The van der Waals surface area contributed by atoms with Crippen molar-refractivity contribution in [3.63, 3.8) is 0 Å². The summed E-state index contributed by atoms with van der Waals surface area (Å²) in [7, 11) is 1.56. The van der Waals surface area contributed by atoms with Crippen LogP contribution < -0.4 is 10.6 Å². The van der Waals surface area contributed by atoms with Gasteiger partial charge in [-0.1, -0.05) is 23.8 Å². The summed E-state index contributed by atoms with van der Waals surface area (Å²) < 4.78 is 0. The first-order valence-electron chi connectivity index (χ1n) is 6.58. The van der Waals surface area contributed by atoms with Gasteiger partial charge < -0.3 is 10.6 Å². The topological polar surface area (TPSA) is 58.2 Å². The molecule has 0 heterocycles. The van der Waals surface area contributed by atoms with E-state index in [-0.39, 0.29) is 11.8 Å². The lowest BCUT2D eigenvalue weighted by Gasteiger charge is -2.11. The third-order valence-electron chi connectivity index (χ3n) is 3.29. The quantitative estimate of drug-likeness (QED) is 0.838. The highest BCUT2D eigenvalue weighted by Gasteiger charge is 2.15. The molecule has 20 heavy (non-hydrogen) atoms. The maximum atomic E-state index is 12.0. The van der Waals surface area contributed by atoms with Gasteiger partial charge in [-0.25, -0.2) is 0 Å². The van der Waals surface area contributed by atoms with Crippen LogP contribution in [0.15, 0.2) is 30.4 Å². The molecule has 0 saturated carbocycles.